The minimum atomic E-state index is -0.288. The molecule has 1 aliphatic heterocycles. The highest BCUT2D eigenvalue weighted by Gasteiger charge is 2.21. The Hall–Kier alpha value is -1.85. The van der Waals surface area contributed by atoms with Gasteiger partial charge in [0.2, 0.25) is 0 Å². The molecular formula is C19H11Cl4N3O. The molecule has 2 heterocycles. The predicted molar refractivity (Wildman–Crippen MR) is 111 cm³/mol. The quantitative estimate of drug-likeness (QED) is 0.507. The molecule has 1 amide bonds. The van der Waals surface area contributed by atoms with E-state index in [0.29, 0.717) is 32.2 Å². The number of hydrogen-bond donors (Lipinski definition) is 0. The van der Waals surface area contributed by atoms with Gasteiger partial charge in [0.05, 0.1) is 37.0 Å². The number of benzene rings is 2. The van der Waals surface area contributed by atoms with Crippen LogP contribution >= 0.6 is 46.4 Å². The molecule has 1 unspecified atom stereocenters. The van der Waals surface area contributed by atoms with Gasteiger partial charge in [-0.1, -0.05) is 58.5 Å². The first-order valence-electron chi connectivity index (χ1n) is 7.98. The van der Waals surface area contributed by atoms with Crippen LogP contribution in [-0.4, -0.2) is 21.7 Å². The second-order valence-corrected chi connectivity index (χ2v) is 7.69. The minimum absolute atomic E-state index is 0.240. The highest BCUT2D eigenvalue weighted by Crippen LogP contribution is 2.32. The van der Waals surface area contributed by atoms with Gasteiger partial charge in [0, 0.05) is 18.8 Å². The SMILES string of the molecule is O=C1C=CC(c2nc3cc(Cl)c(Cl)cc3n2Cc2ccc(Cl)c(Cl)c2)C=N1. The predicted octanol–water partition coefficient (Wildman–Crippen LogP) is 5.95. The summed E-state index contributed by atoms with van der Waals surface area (Å²) in [7, 11) is 0. The third-order valence-corrected chi connectivity index (χ3v) is 5.71. The molecule has 27 heavy (non-hydrogen) atoms. The number of carbonyl (C=O) groups is 1. The van der Waals surface area contributed by atoms with Gasteiger partial charge in [-0.2, -0.15) is 0 Å². The molecule has 0 bridgehead atoms. The van der Waals surface area contributed by atoms with Crippen molar-refractivity contribution < 1.29 is 4.79 Å². The molecule has 1 aromatic heterocycles. The first-order valence-corrected chi connectivity index (χ1v) is 9.49. The summed E-state index contributed by atoms with van der Waals surface area (Å²) < 4.78 is 2.01. The number of dihydropyridines is 1. The van der Waals surface area contributed by atoms with Crippen LogP contribution in [0.2, 0.25) is 20.1 Å². The van der Waals surface area contributed by atoms with E-state index >= 15 is 0 Å². The number of carbonyl (C=O) groups excluding carboxylic acids is 1. The lowest BCUT2D eigenvalue weighted by Crippen LogP contribution is -2.13. The molecule has 136 valence electrons. The Labute approximate surface area is 175 Å². The number of imidazole rings is 1. The van der Waals surface area contributed by atoms with Crippen LogP contribution < -0.4 is 0 Å². The molecule has 1 aliphatic rings. The maximum Gasteiger partial charge on any atom is 0.269 e. The lowest BCUT2D eigenvalue weighted by molar-refractivity contribution is -0.113. The van der Waals surface area contributed by atoms with E-state index in [1.807, 2.05) is 16.7 Å². The molecule has 0 spiro atoms. The van der Waals surface area contributed by atoms with Crippen molar-refractivity contribution >= 4 is 69.6 Å². The van der Waals surface area contributed by atoms with Crippen LogP contribution in [0.5, 0.6) is 0 Å². The third-order valence-electron chi connectivity index (χ3n) is 4.25. The summed E-state index contributed by atoms with van der Waals surface area (Å²) in [6, 6.07) is 8.97. The molecule has 0 saturated heterocycles. The summed E-state index contributed by atoms with van der Waals surface area (Å²) in [5.41, 5.74) is 2.48. The van der Waals surface area contributed by atoms with Gasteiger partial charge in [-0.15, -0.1) is 0 Å². The van der Waals surface area contributed by atoms with Crippen molar-refractivity contribution in [1.29, 1.82) is 0 Å². The van der Waals surface area contributed by atoms with Crippen LogP contribution in [0.25, 0.3) is 11.0 Å². The second-order valence-electron chi connectivity index (χ2n) is 6.06. The second kappa shape index (κ2) is 7.28. The number of nitrogens with zero attached hydrogens (tertiary/aromatic N) is 3. The van der Waals surface area contributed by atoms with Gasteiger partial charge in [0.25, 0.3) is 5.91 Å². The summed E-state index contributed by atoms with van der Waals surface area (Å²) >= 11 is 24.6. The smallest absolute Gasteiger partial charge is 0.269 e. The highest BCUT2D eigenvalue weighted by molar-refractivity contribution is 6.43. The maximum absolute atomic E-state index is 11.4. The van der Waals surface area contributed by atoms with Crippen molar-refractivity contribution in [2.24, 2.45) is 4.99 Å². The van der Waals surface area contributed by atoms with Crippen molar-refractivity contribution in [3.05, 3.63) is 74.0 Å². The van der Waals surface area contributed by atoms with E-state index in [4.69, 9.17) is 51.4 Å². The van der Waals surface area contributed by atoms with Gasteiger partial charge in [-0.3, -0.25) is 4.79 Å². The molecule has 0 aliphatic carbocycles. The molecule has 2 aromatic carbocycles. The van der Waals surface area contributed by atoms with Crippen molar-refractivity contribution in [3.63, 3.8) is 0 Å². The fourth-order valence-electron chi connectivity index (χ4n) is 2.97. The van der Waals surface area contributed by atoms with E-state index in [0.717, 1.165) is 16.9 Å². The first kappa shape index (κ1) is 18.5. The molecule has 0 radical (unpaired) electrons. The summed E-state index contributed by atoms with van der Waals surface area (Å²) in [5.74, 6) is 0.196. The standard InChI is InChI=1S/C19H11Cl4N3O/c20-12-3-1-10(5-13(12)21)9-26-17-7-15(23)14(22)6-16(17)25-19(26)11-2-4-18(27)24-8-11/h1-8,11H,9H2. The zero-order valence-electron chi connectivity index (χ0n) is 13.7. The number of rotatable bonds is 3. The zero-order valence-corrected chi connectivity index (χ0v) is 16.7. The molecule has 1 atom stereocenters. The molecule has 4 rings (SSSR count). The van der Waals surface area contributed by atoms with Crippen LogP contribution in [0.1, 0.15) is 17.3 Å². The number of allylic oxidation sites excluding steroid dienone is 1. The Kier molecular flexibility index (Phi) is 4.99. The molecule has 3 aromatic rings. The van der Waals surface area contributed by atoms with Gasteiger partial charge in [0.1, 0.15) is 5.82 Å². The molecular weight excluding hydrogens is 428 g/mol. The van der Waals surface area contributed by atoms with Crippen molar-refractivity contribution in [3.8, 4) is 0 Å². The maximum atomic E-state index is 11.4. The topological polar surface area (TPSA) is 47.2 Å². The number of hydrogen-bond acceptors (Lipinski definition) is 2. The molecule has 0 fully saturated rings. The minimum Gasteiger partial charge on any atom is -0.323 e. The third kappa shape index (κ3) is 3.63. The fraction of sp³-hybridized carbons (Fsp3) is 0.105. The van der Waals surface area contributed by atoms with Crippen molar-refractivity contribution in [2.75, 3.05) is 0 Å². The summed E-state index contributed by atoms with van der Waals surface area (Å²) in [6.45, 7) is 0.493. The fourth-order valence-corrected chi connectivity index (χ4v) is 3.60. The van der Waals surface area contributed by atoms with Gasteiger partial charge >= 0.3 is 0 Å². The Bertz CT molecular complexity index is 1120. The number of halogens is 4. The summed E-state index contributed by atoms with van der Waals surface area (Å²) in [6.07, 6.45) is 4.79. The van der Waals surface area contributed by atoms with E-state index in [-0.39, 0.29) is 11.8 Å². The van der Waals surface area contributed by atoms with Gasteiger partial charge in [0.15, 0.2) is 0 Å². The van der Waals surface area contributed by atoms with Crippen LogP contribution in [0, 0.1) is 0 Å². The highest BCUT2D eigenvalue weighted by atomic mass is 35.5. The Morgan fingerprint density at radius 3 is 2.41 bits per heavy atom. The lowest BCUT2D eigenvalue weighted by atomic mass is 10.1. The van der Waals surface area contributed by atoms with Crippen LogP contribution in [0.15, 0.2) is 47.5 Å². The van der Waals surface area contributed by atoms with E-state index < -0.39 is 0 Å². The van der Waals surface area contributed by atoms with Crippen molar-refractivity contribution in [2.45, 2.75) is 12.5 Å². The zero-order chi connectivity index (χ0) is 19.1. The Morgan fingerprint density at radius 2 is 1.70 bits per heavy atom. The lowest BCUT2D eigenvalue weighted by Gasteiger charge is -2.14. The molecule has 4 nitrogen and oxygen atoms in total. The molecule has 0 saturated carbocycles. The van der Waals surface area contributed by atoms with Crippen LogP contribution in [0.3, 0.4) is 0 Å². The normalized spacial score (nSPS) is 16.4. The van der Waals surface area contributed by atoms with Gasteiger partial charge in [-0.25, -0.2) is 9.98 Å². The Balaban J connectivity index is 1.87. The van der Waals surface area contributed by atoms with Crippen LogP contribution in [0.4, 0.5) is 0 Å². The van der Waals surface area contributed by atoms with E-state index in [1.165, 1.54) is 6.08 Å². The van der Waals surface area contributed by atoms with Crippen LogP contribution in [-0.2, 0) is 11.3 Å². The van der Waals surface area contributed by atoms with E-state index in [1.54, 1.807) is 30.5 Å². The van der Waals surface area contributed by atoms with Gasteiger partial charge < -0.3 is 4.57 Å². The summed E-state index contributed by atoms with van der Waals surface area (Å²) in [4.78, 5) is 20.0. The van der Waals surface area contributed by atoms with Crippen molar-refractivity contribution in [1.82, 2.24) is 9.55 Å². The molecule has 8 heteroatoms. The average Bonchev–Trinajstić information content (AvgIpc) is 2.97. The van der Waals surface area contributed by atoms with Gasteiger partial charge in [-0.05, 0) is 29.8 Å². The van der Waals surface area contributed by atoms with E-state index in [2.05, 4.69) is 4.99 Å². The number of fused-ring (bicyclic) bond motifs is 1. The Morgan fingerprint density at radius 1 is 0.963 bits per heavy atom. The van der Waals surface area contributed by atoms with E-state index in [9.17, 15) is 4.79 Å². The average molecular weight is 439 g/mol. The number of amides is 1. The largest absolute Gasteiger partial charge is 0.323 e. The first-order chi connectivity index (χ1) is 12.9. The number of aromatic nitrogens is 2. The summed E-state index contributed by atoms with van der Waals surface area (Å²) in [5, 5.41) is 1.84. The molecule has 0 N–H and O–H groups in total. The number of aliphatic imine (C=N–C) groups is 1. The monoisotopic (exact) mass is 437 g/mol.